The molecule has 2 aliphatic rings. The summed E-state index contributed by atoms with van der Waals surface area (Å²) in [4.78, 5) is 14.4. The molecule has 3 nitrogen and oxygen atoms in total. The lowest BCUT2D eigenvalue weighted by molar-refractivity contribution is -0.135. The minimum atomic E-state index is 0.311. The van der Waals surface area contributed by atoms with Gasteiger partial charge in [-0.05, 0) is 37.8 Å². The third kappa shape index (κ3) is 2.38. The topological polar surface area (TPSA) is 33.5 Å². The zero-order valence-electron chi connectivity index (χ0n) is 10.1. The maximum absolute atomic E-state index is 12.3. The van der Waals surface area contributed by atoms with Crippen LogP contribution in [0.2, 0.25) is 0 Å². The summed E-state index contributed by atoms with van der Waals surface area (Å²) >= 11 is 0. The molecule has 1 aromatic heterocycles. The molecule has 0 saturated heterocycles. The number of rotatable bonds is 4. The van der Waals surface area contributed by atoms with Gasteiger partial charge >= 0.3 is 0 Å². The van der Waals surface area contributed by atoms with Crippen LogP contribution >= 0.6 is 0 Å². The van der Waals surface area contributed by atoms with E-state index < -0.39 is 0 Å². The van der Waals surface area contributed by atoms with Gasteiger partial charge in [0.05, 0.1) is 12.8 Å². The van der Waals surface area contributed by atoms with Crippen LogP contribution in [0, 0.1) is 5.92 Å². The molecular weight excluding hydrogens is 214 g/mol. The maximum atomic E-state index is 12.3. The van der Waals surface area contributed by atoms with Crippen LogP contribution in [0.5, 0.6) is 0 Å². The number of hydrogen-bond donors (Lipinski definition) is 0. The van der Waals surface area contributed by atoms with Crippen molar-refractivity contribution in [2.24, 2.45) is 5.92 Å². The van der Waals surface area contributed by atoms with Crippen LogP contribution in [0.25, 0.3) is 0 Å². The van der Waals surface area contributed by atoms with Crippen molar-refractivity contribution in [1.29, 1.82) is 0 Å². The summed E-state index contributed by atoms with van der Waals surface area (Å²) in [6.45, 7) is 0.660. The first-order chi connectivity index (χ1) is 8.34. The van der Waals surface area contributed by atoms with Crippen LogP contribution in [0.4, 0.5) is 0 Å². The van der Waals surface area contributed by atoms with Crippen LogP contribution in [0.1, 0.15) is 44.3 Å². The lowest BCUT2D eigenvalue weighted by atomic mass is 10.2. The Bertz CT molecular complexity index is 375. The van der Waals surface area contributed by atoms with Crippen molar-refractivity contribution in [3.8, 4) is 0 Å². The van der Waals surface area contributed by atoms with E-state index in [-0.39, 0.29) is 0 Å². The highest BCUT2D eigenvalue weighted by atomic mass is 16.3. The molecule has 2 saturated carbocycles. The molecule has 0 spiro atoms. The first-order valence-corrected chi connectivity index (χ1v) is 6.67. The van der Waals surface area contributed by atoms with Gasteiger partial charge in [0.2, 0.25) is 5.91 Å². The van der Waals surface area contributed by atoms with Gasteiger partial charge in [-0.15, -0.1) is 0 Å². The molecule has 0 unspecified atom stereocenters. The van der Waals surface area contributed by atoms with Crippen LogP contribution in [-0.4, -0.2) is 16.8 Å². The van der Waals surface area contributed by atoms with Crippen molar-refractivity contribution >= 4 is 5.91 Å². The largest absolute Gasteiger partial charge is 0.467 e. The van der Waals surface area contributed by atoms with E-state index in [0.717, 1.165) is 18.6 Å². The molecule has 0 aliphatic heterocycles. The highest BCUT2D eigenvalue weighted by Crippen LogP contribution is 2.34. The molecular formula is C14H19NO2. The molecule has 0 radical (unpaired) electrons. The monoisotopic (exact) mass is 233 g/mol. The summed E-state index contributed by atoms with van der Waals surface area (Å²) in [5.74, 6) is 1.57. The Labute approximate surface area is 102 Å². The predicted octanol–water partition coefficient (Wildman–Crippen LogP) is 2.96. The summed E-state index contributed by atoms with van der Waals surface area (Å²) in [6.07, 6.45) is 8.71. The summed E-state index contributed by atoms with van der Waals surface area (Å²) in [7, 11) is 0. The number of carbonyl (C=O) groups excluding carboxylic acids is 1. The second-order valence-corrected chi connectivity index (χ2v) is 5.26. The lowest BCUT2D eigenvalue weighted by Gasteiger charge is -2.28. The van der Waals surface area contributed by atoms with Crippen molar-refractivity contribution in [3.63, 3.8) is 0 Å². The molecule has 17 heavy (non-hydrogen) atoms. The van der Waals surface area contributed by atoms with Crippen molar-refractivity contribution < 1.29 is 9.21 Å². The lowest BCUT2D eigenvalue weighted by Crippen LogP contribution is -2.39. The Balaban J connectivity index is 1.72. The van der Waals surface area contributed by atoms with Gasteiger partial charge in [0, 0.05) is 12.0 Å². The maximum Gasteiger partial charge on any atom is 0.226 e. The molecule has 1 heterocycles. The van der Waals surface area contributed by atoms with Crippen molar-refractivity contribution in [3.05, 3.63) is 24.2 Å². The molecule has 3 rings (SSSR count). The Morgan fingerprint density at radius 2 is 2.06 bits per heavy atom. The number of furan rings is 1. The van der Waals surface area contributed by atoms with Gasteiger partial charge in [-0.25, -0.2) is 0 Å². The SMILES string of the molecule is O=C(C1CC1)N(Cc1ccco1)C1CCCC1. The van der Waals surface area contributed by atoms with E-state index >= 15 is 0 Å². The van der Waals surface area contributed by atoms with E-state index in [2.05, 4.69) is 4.90 Å². The fourth-order valence-corrected chi connectivity index (χ4v) is 2.74. The van der Waals surface area contributed by atoms with E-state index in [1.165, 1.54) is 25.7 Å². The minimum Gasteiger partial charge on any atom is -0.467 e. The van der Waals surface area contributed by atoms with Gasteiger partial charge in [0.25, 0.3) is 0 Å². The van der Waals surface area contributed by atoms with E-state index in [0.29, 0.717) is 24.4 Å². The Hall–Kier alpha value is -1.25. The number of carbonyl (C=O) groups is 1. The van der Waals surface area contributed by atoms with Crippen molar-refractivity contribution in [2.75, 3.05) is 0 Å². The molecule has 1 amide bonds. The van der Waals surface area contributed by atoms with Gasteiger partial charge in [-0.1, -0.05) is 12.8 Å². The molecule has 92 valence electrons. The van der Waals surface area contributed by atoms with Gasteiger partial charge in [0.1, 0.15) is 5.76 Å². The zero-order chi connectivity index (χ0) is 11.7. The predicted molar refractivity (Wildman–Crippen MR) is 64.2 cm³/mol. The number of hydrogen-bond acceptors (Lipinski definition) is 2. The van der Waals surface area contributed by atoms with Crippen LogP contribution in [0.15, 0.2) is 22.8 Å². The van der Waals surface area contributed by atoms with E-state index in [4.69, 9.17) is 4.42 Å². The smallest absolute Gasteiger partial charge is 0.226 e. The standard InChI is InChI=1S/C14H19NO2/c16-14(11-7-8-11)15(12-4-1-2-5-12)10-13-6-3-9-17-13/h3,6,9,11-12H,1-2,4-5,7-8,10H2. The summed E-state index contributed by atoms with van der Waals surface area (Å²) in [5, 5.41) is 0. The zero-order valence-corrected chi connectivity index (χ0v) is 10.1. The molecule has 2 aliphatic carbocycles. The van der Waals surface area contributed by atoms with Gasteiger partial charge in [-0.3, -0.25) is 4.79 Å². The van der Waals surface area contributed by atoms with Gasteiger partial charge < -0.3 is 9.32 Å². The highest BCUT2D eigenvalue weighted by molar-refractivity contribution is 5.81. The third-order valence-electron chi connectivity index (χ3n) is 3.88. The van der Waals surface area contributed by atoms with E-state index in [9.17, 15) is 4.79 Å². The normalized spacial score (nSPS) is 20.7. The molecule has 0 aromatic carbocycles. The summed E-state index contributed by atoms with van der Waals surface area (Å²) in [6, 6.07) is 4.31. The second kappa shape index (κ2) is 4.55. The average Bonchev–Trinajstić information content (AvgIpc) is 2.83. The quantitative estimate of drug-likeness (QED) is 0.801. The Kier molecular flexibility index (Phi) is 2.91. The van der Waals surface area contributed by atoms with E-state index in [1.807, 2.05) is 12.1 Å². The van der Waals surface area contributed by atoms with Gasteiger partial charge in [0.15, 0.2) is 0 Å². The highest BCUT2D eigenvalue weighted by Gasteiger charge is 2.37. The van der Waals surface area contributed by atoms with Crippen LogP contribution in [-0.2, 0) is 11.3 Å². The van der Waals surface area contributed by atoms with Crippen LogP contribution < -0.4 is 0 Å². The fraction of sp³-hybridized carbons (Fsp3) is 0.643. The minimum absolute atomic E-state index is 0.311. The molecule has 3 heteroatoms. The van der Waals surface area contributed by atoms with E-state index in [1.54, 1.807) is 6.26 Å². The van der Waals surface area contributed by atoms with Crippen LogP contribution in [0.3, 0.4) is 0 Å². The van der Waals surface area contributed by atoms with Crippen molar-refractivity contribution in [2.45, 2.75) is 51.1 Å². The molecule has 2 fully saturated rings. The van der Waals surface area contributed by atoms with Crippen molar-refractivity contribution in [1.82, 2.24) is 4.90 Å². The Morgan fingerprint density at radius 3 is 2.65 bits per heavy atom. The Morgan fingerprint density at radius 1 is 1.29 bits per heavy atom. The molecule has 0 N–H and O–H groups in total. The number of nitrogens with zero attached hydrogens (tertiary/aromatic N) is 1. The number of amides is 1. The molecule has 0 atom stereocenters. The summed E-state index contributed by atoms with van der Waals surface area (Å²) in [5.41, 5.74) is 0. The third-order valence-corrected chi connectivity index (χ3v) is 3.88. The molecule has 1 aromatic rings. The molecule has 0 bridgehead atoms. The first-order valence-electron chi connectivity index (χ1n) is 6.67. The van der Waals surface area contributed by atoms with Gasteiger partial charge in [-0.2, -0.15) is 0 Å². The second-order valence-electron chi connectivity index (χ2n) is 5.26. The fourth-order valence-electron chi connectivity index (χ4n) is 2.74. The average molecular weight is 233 g/mol. The summed E-state index contributed by atoms with van der Waals surface area (Å²) < 4.78 is 5.38. The first kappa shape index (κ1) is 10.9.